The van der Waals surface area contributed by atoms with Crippen LogP contribution >= 0.6 is 11.3 Å². The summed E-state index contributed by atoms with van der Waals surface area (Å²) in [4.78, 5) is 24.2. The van der Waals surface area contributed by atoms with Gasteiger partial charge in [0.2, 0.25) is 0 Å². The average Bonchev–Trinajstić information content (AvgIpc) is 3.14. The fourth-order valence-corrected chi connectivity index (χ4v) is 3.75. The van der Waals surface area contributed by atoms with Crippen LogP contribution in [0.25, 0.3) is 16.0 Å². The molecule has 2 heterocycles. The number of aldehydes is 1. The Kier molecular flexibility index (Phi) is 4.53. The molecule has 3 rings (SSSR count). The van der Waals surface area contributed by atoms with Crippen molar-refractivity contribution >= 4 is 28.4 Å². The van der Waals surface area contributed by atoms with Crippen molar-refractivity contribution in [2.75, 3.05) is 7.11 Å². The van der Waals surface area contributed by atoms with Gasteiger partial charge in [-0.25, -0.2) is 0 Å². The molecule has 0 unspecified atom stereocenters. The minimum absolute atomic E-state index is 0.151. The van der Waals surface area contributed by atoms with Gasteiger partial charge in [-0.05, 0) is 23.1 Å². The summed E-state index contributed by atoms with van der Waals surface area (Å²) in [5.41, 5.74) is 4.50. The van der Waals surface area contributed by atoms with E-state index in [1.54, 1.807) is 0 Å². The molecule has 3 aromatic rings. The summed E-state index contributed by atoms with van der Waals surface area (Å²) < 4.78 is 6.58. The van der Waals surface area contributed by atoms with E-state index in [1.165, 1.54) is 24.0 Å². The number of fused-ring (bicyclic) bond motifs is 1. The molecular formula is C19H19NO3S. The summed E-state index contributed by atoms with van der Waals surface area (Å²) in [6, 6.07) is 10.3. The summed E-state index contributed by atoms with van der Waals surface area (Å²) in [5, 5.41) is 1.89. The molecule has 0 aliphatic carbocycles. The maximum atomic E-state index is 11.7. The van der Waals surface area contributed by atoms with Gasteiger partial charge in [0.1, 0.15) is 4.83 Å². The number of esters is 1. The van der Waals surface area contributed by atoms with Crippen molar-refractivity contribution in [3.63, 3.8) is 0 Å². The van der Waals surface area contributed by atoms with E-state index in [0.29, 0.717) is 11.6 Å². The van der Waals surface area contributed by atoms with E-state index < -0.39 is 0 Å². The van der Waals surface area contributed by atoms with Crippen molar-refractivity contribution in [2.45, 2.75) is 26.2 Å². The van der Waals surface area contributed by atoms with Gasteiger partial charge in [0.15, 0.2) is 6.29 Å². The molecule has 5 heteroatoms. The highest BCUT2D eigenvalue weighted by molar-refractivity contribution is 7.15. The summed E-state index contributed by atoms with van der Waals surface area (Å²) >= 11 is 1.52. The minimum atomic E-state index is -0.317. The number of methoxy groups -OCH3 is 1. The Morgan fingerprint density at radius 3 is 2.58 bits per heavy atom. The Morgan fingerprint density at radius 2 is 2.00 bits per heavy atom. The maximum Gasteiger partial charge on any atom is 0.311 e. The number of hydrogen-bond donors (Lipinski definition) is 0. The first-order valence-corrected chi connectivity index (χ1v) is 8.67. The van der Waals surface area contributed by atoms with Crippen molar-refractivity contribution in [2.24, 2.45) is 0 Å². The van der Waals surface area contributed by atoms with E-state index in [4.69, 9.17) is 4.74 Å². The molecule has 0 N–H and O–H groups in total. The van der Waals surface area contributed by atoms with Crippen LogP contribution in [0.2, 0.25) is 0 Å². The van der Waals surface area contributed by atoms with Gasteiger partial charge >= 0.3 is 5.97 Å². The summed E-state index contributed by atoms with van der Waals surface area (Å²) in [7, 11) is 1.36. The summed E-state index contributed by atoms with van der Waals surface area (Å²) in [5.74, 6) is 0.150. The molecule has 0 bridgehead atoms. The second-order valence-electron chi connectivity index (χ2n) is 5.99. The van der Waals surface area contributed by atoms with E-state index >= 15 is 0 Å². The van der Waals surface area contributed by atoms with Crippen LogP contribution in [0.1, 0.15) is 41.5 Å². The van der Waals surface area contributed by atoms with Gasteiger partial charge in [-0.1, -0.05) is 38.1 Å². The molecule has 0 spiro atoms. The molecule has 24 heavy (non-hydrogen) atoms. The fourth-order valence-electron chi connectivity index (χ4n) is 2.80. The third-order valence-corrected chi connectivity index (χ3v) is 5.09. The Hall–Kier alpha value is -2.40. The fraction of sp³-hybridized carbons (Fsp3) is 0.263. The number of carbonyl (C=O) groups excluding carboxylic acids is 2. The largest absolute Gasteiger partial charge is 0.469 e. The average molecular weight is 341 g/mol. The lowest BCUT2D eigenvalue weighted by Crippen LogP contribution is -2.07. The minimum Gasteiger partial charge on any atom is -0.469 e. The van der Waals surface area contributed by atoms with Crippen LogP contribution in [0, 0.1) is 0 Å². The van der Waals surface area contributed by atoms with Gasteiger partial charge in [0.05, 0.1) is 19.2 Å². The number of carbonyl (C=O) groups is 2. The highest BCUT2D eigenvalue weighted by Crippen LogP contribution is 2.32. The predicted octanol–water partition coefficient (Wildman–Crippen LogP) is 4.32. The number of aromatic nitrogens is 1. The first-order chi connectivity index (χ1) is 11.5. The number of ether oxygens (including phenoxy) is 1. The van der Waals surface area contributed by atoms with Gasteiger partial charge in [0.25, 0.3) is 0 Å². The van der Waals surface area contributed by atoms with Crippen molar-refractivity contribution in [3.05, 3.63) is 52.7 Å². The van der Waals surface area contributed by atoms with E-state index in [9.17, 15) is 9.59 Å². The van der Waals surface area contributed by atoms with Gasteiger partial charge in [-0.3, -0.25) is 9.59 Å². The van der Waals surface area contributed by atoms with Crippen LogP contribution in [0.3, 0.4) is 0 Å². The molecule has 0 atom stereocenters. The standard InChI is InChI=1S/C19H19NO3S/c1-12(2)13-4-6-14(7-5-13)16-9-18-20(17(16)10-21)15(11-24-18)8-19(22)23-3/h4-7,9-12H,8H2,1-3H3. The van der Waals surface area contributed by atoms with Crippen LogP contribution in [0.4, 0.5) is 0 Å². The zero-order chi connectivity index (χ0) is 17.3. The maximum absolute atomic E-state index is 11.7. The first-order valence-electron chi connectivity index (χ1n) is 7.79. The zero-order valence-electron chi connectivity index (χ0n) is 13.9. The predicted molar refractivity (Wildman–Crippen MR) is 95.9 cm³/mol. The molecule has 0 aliphatic rings. The smallest absolute Gasteiger partial charge is 0.311 e. The number of hydrogen-bond acceptors (Lipinski definition) is 4. The SMILES string of the molecule is COC(=O)Cc1csc2cc(-c3ccc(C(C)C)cc3)c(C=O)n12. The van der Waals surface area contributed by atoms with Crippen LogP contribution in [-0.4, -0.2) is 23.8 Å². The highest BCUT2D eigenvalue weighted by atomic mass is 32.1. The van der Waals surface area contributed by atoms with E-state index in [-0.39, 0.29) is 12.4 Å². The Morgan fingerprint density at radius 1 is 1.29 bits per heavy atom. The molecular weight excluding hydrogens is 322 g/mol. The summed E-state index contributed by atoms with van der Waals surface area (Å²) in [6.45, 7) is 4.30. The van der Waals surface area contributed by atoms with Crippen molar-refractivity contribution in [1.82, 2.24) is 4.40 Å². The van der Waals surface area contributed by atoms with Crippen LogP contribution < -0.4 is 0 Å². The third-order valence-electron chi connectivity index (χ3n) is 4.16. The van der Waals surface area contributed by atoms with Gasteiger partial charge < -0.3 is 9.14 Å². The molecule has 0 saturated carbocycles. The normalized spacial score (nSPS) is 11.2. The van der Waals surface area contributed by atoms with Crippen LogP contribution in [-0.2, 0) is 16.0 Å². The molecule has 0 radical (unpaired) electrons. The molecule has 0 fully saturated rings. The van der Waals surface area contributed by atoms with Crippen molar-refractivity contribution in [1.29, 1.82) is 0 Å². The molecule has 1 aromatic carbocycles. The number of rotatable bonds is 5. The van der Waals surface area contributed by atoms with Gasteiger partial charge in [-0.15, -0.1) is 11.3 Å². The number of thiazole rings is 1. The molecule has 0 aliphatic heterocycles. The lowest BCUT2D eigenvalue weighted by molar-refractivity contribution is -0.139. The Labute approximate surface area is 144 Å². The molecule has 0 amide bonds. The van der Waals surface area contributed by atoms with Gasteiger partial charge in [-0.2, -0.15) is 0 Å². The highest BCUT2D eigenvalue weighted by Gasteiger charge is 2.17. The second kappa shape index (κ2) is 6.61. The zero-order valence-corrected chi connectivity index (χ0v) is 14.7. The van der Waals surface area contributed by atoms with E-state index in [2.05, 4.69) is 26.0 Å². The number of nitrogens with zero attached hydrogens (tertiary/aromatic N) is 1. The molecule has 124 valence electrons. The van der Waals surface area contributed by atoms with Crippen molar-refractivity contribution in [3.8, 4) is 11.1 Å². The van der Waals surface area contributed by atoms with E-state index in [1.807, 2.05) is 28.0 Å². The van der Waals surface area contributed by atoms with Gasteiger partial charge in [0, 0.05) is 16.6 Å². The van der Waals surface area contributed by atoms with Crippen LogP contribution in [0.5, 0.6) is 0 Å². The molecule has 4 nitrogen and oxygen atoms in total. The lowest BCUT2D eigenvalue weighted by atomic mass is 9.99. The molecule has 2 aromatic heterocycles. The Bertz CT molecular complexity index is 887. The second-order valence-corrected chi connectivity index (χ2v) is 6.88. The van der Waals surface area contributed by atoms with Crippen molar-refractivity contribution < 1.29 is 14.3 Å². The molecule has 0 saturated heterocycles. The topological polar surface area (TPSA) is 47.8 Å². The quantitative estimate of drug-likeness (QED) is 0.513. The lowest BCUT2D eigenvalue weighted by Gasteiger charge is -2.07. The first kappa shape index (κ1) is 16.5. The Balaban J connectivity index is 2.08. The van der Waals surface area contributed by atoms with E-state index in [0.717, 1.165) is 27.9 Å². The monoisotopic (exact) mass is 341 g/mol. The summed E-state index contributed by atoms with van der Waals surface area (Å²) in [6.07, 6.45) is 1.00. The van der Waals surface area contributed by atoms with Crippen LogP contribution in [0.15, 0.2) is 35.7 Å². The third kappa shape index (κ3) is 2.87. The number of benzene rings is 1.